The van der Waals surface area contributed by atoms with Crippen molar-refractivity contribution in [3.8, 4) is 11.1 Å². The number of benzene rings is 3. The molecule has 1 aliphatic carbocycles. The number of alkyl carbamates (subject to hydrolysis) is 1. The average molecular weight is 571 g/mol. The molecule has 0 spiro atoms. The van der Waals surface area contributed by atoms with Crippen LogP contribution >= 0.6 is 0 Å². The molecule has 0 unspecified atom stereocenters. The molecule has 0 fully saturated rings. The molecule has 3 aromatic carbocycles. The van der Waals surface area contributed by atoms with Crippen LogP contribution in [-0.2, 0) is 14.3 Å². The first-order chi connectivity index (χ1) is 20.2. The number of hydrogen-bond donors (Lipinski definition) is 6. The number of fused-ring (bicyclic) bond motifs is 3. The predicted octanol–water partition coefficient (Wildman–Crippen LogP) is 2.62. The van der Waals surface area contributed by atoms with Crippen LogP contribution in [0.5, 0.6) is 0 Å². The molecule has 3 aromatic rings. The molecule has 0 saturated carbocycles. The van der Waals surface area contributed by atoms with Gasteiger partial charge in [0.15, 0.2) is 5.96 Å². The van der Waals surface area contributed by atoms with Crippen LogP contribution in [-0.4, -0.2) is 55.0 Å². The van der Waals surface area contributed by atoms with E-state index in [2.05, 4.69) is 21.3 Å². The molecule has 4 amide bonds. The molecule has 0 aliphatic heterocycles. The van der Waals surface area contributed by atoms with Crippen LogP contribution in [0.2, 0.25) is 0 Å². The number of carbonyl (C=O) groups excluding carboxylic acids is 4. The smallest absolute Gasteiger partial charge is 0.407 e. The topological polar surface area (TPSA) is 176 Å². The lowest BCUT2D eigenvalue weighted by Crippen LogP contribution is -2.53. The summed E-state index contributed by atoms with van der Waals surface area (Å²) in [7, 11) is 0. The molecule has 0 bridgehead atoms. The van der Waals surface area contributed by atoms with E-state index in [1.165, 1.54) is 6.92 Å². The summed E-state index contributed by atoms with van der Waals surface area (Å²) in [6.07, 6.45) is -0.256. The minimum absolute atomic E-state index is 0.0873. The highest BCUT2D eigenvalue weighted by Crippen LogP contribution is 2.44. The van der Waals surface area contributed by atoms with Crippen molar-refractivity contribution in [2.24, 2.45) is 5.73 Å². The first kappa shape index (κ1) is 29.8. The van der Waals surface area contributed by atoms with Crippen LogP contribution in [0.25, 0.3) is 11.1 Å². The molecule has 2 atom stereocenters. The minimum Gasteiger partial charge on any atom is -0.449 e. The monoisotopic (exact) mass is 570 g/mol. The van der Waals surface area contributed by atoms with Gasteiger partial charge in [0.05, 0.1) is 0 Å². The van der Waals surface area contributed by atoms with Crippen molar-refractivity contribution in [1.82, 2.24) is 21.3 Å². The third kappa shape index (κ3) is 7.51. The second-order valence-electron chi connectivity index (χ2n) is 9.92. The maximum absolute atomic E-state index is 13.0. The van der Waals surface area contributed by atoms with Gasteiger partial charge in [0.25, 0.3) is 5.91 Å². The lowest BCUT2D eigenvalue weighted by molar-refractivity contribution is -0.129. The standard InChI is InChI=1S/C31H34N6O5/c1-19(35-31(41)42-18-25-23-14-7-5-12-21(23)22-13-6-8-15-24(22)25)27(38)36-26(16-9-17-34-30(32)33)29(40)37-28(39)20-10-3-2-4-11-20/h2-8,10-15,19,25-26H,9,16-18H2,1H3,(H,35,41)(H,36,38)(H4,32,33,34)(H,37,39,40)/t19-,26-/m0/s1. The normalized spacial score (nSPS) is 13.1. The van der Waals surface area contributed by atoms with Crippen LogP contribution in [0.15, 0.2) is 78.9 Å². The summed E-state index contributed by atoms with van der Waals surface area (Å²) in [6, 6.07) is 22.0. The highest BCUT2D eigenvalue weighted by molar-refractivity contribution is 6.06. The summed E-state index contributed by atoms with van der Waals surface area (Å²) < 4.78 is 5.52. The lowest BCUT2D eigenvalue weighted by atomic mass is 9.98. The van der Waals surface area contributed by atoms with Gasteiger partial charge < -0.3 is 26.4 Å². The summed E-state index contributed by atoms with van der Waals surface area (Å²) in [5, 5.41) is 17.3. The van der Waals surface area contributed by atoms with E-state index in [-0.39, 0.29) is 31.4 Å². The zero-order valence-corrected chi connectivity index (χ0v) is 23.2. The molecule has 0 radical (unpaired) electrons. The summed E-state index contributed by atoms with van der Waals surface area (Å²) in [5.41, 5.74) is 9.93. The van der Waals surface area contributed by atoms with Crippen LogP contribution in [0, 0.1) is 5.41 Å². The fraction of sp³-hybridized carbons (Fsp3) is 0.258. The van der Waals surface area contributed by atoms with Crippen molar-refractivity contribution in [3.05, 3.63) is 95.6 Å². The first-order valence-electron chi connectivity index (χ1n) is 13.6. The van der Waals surface area contributed by atoms with Crippen molar-refractivity contribution in [2.75, 3.05) is 13.2 Å². The third-order valence-corrected chi connectivity index (χ3v) is 6.96. The highest BCUT2D eigenvalue weighted by atomic mass is 16.5. The quantitative estimate of drug-likeness (QED) is 0.117. The van der Waals surface area contributed by atoms with Gasteiger partial charge in [-0.05, 0) is 54.2 Å². The van der Waals surface area contributed by atoms with Gasteiger partial charge in [0.2, 0.25) is 11.8 Å². The van der Waals surface area contributed by atoms with Crippen molar-refractivity contribution in [1.29, 1.82) is 5.41 Å². The predicted molar refractivity (Wildman–Crippen MR) is 158 cm³/mol. The van der Waals surface area contributed by atoms with Gasteiger partial charge in [-0.1, -0.05) is 66.7 Å². The molecule has 0 saturated heterocycles. The van der Waals surface area contributed by atoms with Gasteiger partial charge in [-0.25, -0.2) is 4.79 Å². The minimum atomic E-state index is -1.08. The first-order valence-corrected chi connectivity index (χ1v) is 13.6. The Kier molecular flexibility index (Phi) is 9.88. The molecule has 218 valence electrons. The Labute approximate surface area is 243 Å². The zero-order chi connectivity index (χ0) is 30.1. The maximum Gasteiger partial charge on any atom is 0.407 e. The van der Waals surface area contributed by atoms with Crippen LogP contribution in [0.4, 0.5) is 4.79 Å². The summed E-state index contributed by atoms with van der Waals surface area (Å²) in [5.74, 6) is -2.29. The van der Waals surface area contributed by atoms with Gasteiger partial charge in [-0.3, -0.25) is 25.1 Å². The molecule has 11 nitrogen and oxygen atoms in total. The van der Waals surface area contributed by atoms with Gasteiger partial charge in [0, 0.05) is 18.0 Å². The number of carbonyl (C=O) groups is 4. The summed E-state index contributed by atoms with van der Waals surface area (Å²) >= 11 is 0. The number of rotatable bonds is 11. The van der Waals surface area contributed by atoms with E-state index in [9.17, 15) is 19.2 Å². The molecular weight excluding hydrogens is 536 g/mol. The van der Waals surface area contributed by atoms with Crippen LogP contribution in [0.3, 0.4) is 0 Å². The maximum atomic E-state index is 13.0. The Morgan fingerprint density at radius 3 is 2.07 bits per heavy atom. The van der Waals surface area contributed by atoms with Gasteiger partial charge in [-0.15, -0.1) is 0 Å². The van der Waals surface area contributed by atoms with Gasteiger partial charge in [0.1, 0.15) is 18.7 Å². The molecule has 0 heterocycles. The Bertz CT molecular complexity index is 1420. The Balaban J connectivity index is 1.33. The van der Waals surface area contributed by atoms with Crippen molar-refractivity contribution >= 4 is 29.8 Å². The van der Waals surface area contributed by atoms with Crippen molar-refractivity contribution < 1.29 is 23.9 Å². The number of guanidine groups is 1. The number of nitrogens with one attached hydrogen (secondary N) is 5. The fourth-order valence-corrected chi connectivity index (χ4v) is 4.84. The van der Waals surface area contributed by atoms with Crippen molar-refractivity contribution in [2.45, 2.75) is 37.8 Å². The van der Waals surface area contributed by atoms with E-state index < -0.39 is 35.9 Å². The number of imide groups is 1. The van der Waals surface area contributed by atoms with Crippen molar-refractivity contribution in [3.63, 3.8) is 0 Å². The third-order valence-electron chi connectivity index (χ3n) is 6.96. The fourth-order valence-electron chi connectivity index (χ4n) is 4.84. The van der Waals surface area contributed by atoms with E-state index in [1.807, 2.05) is 48.5 Å². The van der Waals surface area contributed by atoms with E-state index in [0.29, 0.717) is 12.0 Å². The molecule has 4 rings (SSSR count). The Hall–Kier alpha value is -5.19. The average Bonchev–Trinajstić information content (AvgIpc) is 3.31. The Morgan fingerprint density at radius 2 is 1.45 bits per heavy atom. The second-order valence-corrected chi connectivity index (χ2v) is 9.92. The zero-order valence-electron chi connectivity index (χ0n) is 23.2. The van der Waals surface area contributed by atoms with E-state index in [1.54, 1.807) is 30.3 Å². The molecule has 0 aromatic heterocycles. The lowest BCUT2D eigenvalue weighted by Gasteiger charge is -2.21. The van der Waals surface area contributed by atoms with Gasteiger partial charge >= 0.3 is 6.09 Å². The molecule has 1 aliphatic rings. The summed E-state index contributed by atoms with van der Waals surface area (Å²) in [6.45, 7) is 1.84. The van der Waals surface area contributed by atoms with E-state index in [0.717, 1.165) is 22.3 Å². The molecule has 42 heavy (non-hydrogen) atoms. The molecule has 11 heteroatoms. The highest BCUT2D eigenvalue weighted by Gasteiger charge is 2.30. The van der Waals surface area contributed by atoms with Gasteiger partial charge in [-0.2, -0.15) is 0 Å². The number of amides is 4. The van der Waals surface area contributed by atoms with Crippen LogP contribution < -0.4 is 27.0 Å². The summed E-state index contributed by atoms with van der Waals surface area (Å²) in [4.78, 5) is 51.1. The van der Waals surface area contributed by atoms with E-state index >= 15 is 0 Å². The molecular formula is C31H34N6O5. The number of ether oxygens (including phenoxy) is 1. The SMILES string of the molecule is C[C@H](NC(=O)OCC1c2ccccc2-c2ccccc21)C(=O)N[C@@H](CCCNC(=N)N)C(=O)NC(=O)c1ccccc1. The second kappa shape index (κ2) is 13.9. The van der Waals surface area contributed by atoms with E-state index in [4.69, 9.17) is 15.9 Å². The number of nitrogens with two attached hydrogens (primary N) is 1. The number of hydrogen-bond acceptors (Lipinski definition) is 6. The molecule has 7 N–H and O–H groups in total. The largest absolute Gasteiger partial charge is 0.449 e. The Morgan fingerprint density at radius 1 is 0.857 bits per heavy atom. The van der Waals surface area contributed by atoms with Crippen LogP contribution in [0.1, 0.15) is 47.2 Å².